The second kappa shape index (κ2) is 5.32. The Morgan fingerprint density at radius 1 is 1.44 bits per heavy atom. The van der Waals surface area contributed by atoms with Crippen molar-refractivity contribution in [1.82, 2.24) is 14.7 Å². The summed E-state index contributed by atoms with van der Waals surface area (Å²) < 4.78 is 1.98. The van der Waals surface area contributed by atoms with Gasteiger partial charge in [0.15, 0.2) is 0 Å². The quantitative estimate of drug-likeness (QED) is 0.781. The molecule has 16 heavy (non-hydrogen) atoms. The molecule has 0 spiro atoms. The Kier molecular flexibility index (Phi) is 3.79. The minimum atomic E-state index is 0.287. The first-order valence-corrected chi connectivity index (χ1v) is 5.93. The van der Waals surface area contributed by atoms with Gasteiger partial charge in [0.2, 0.25) is 0 Å². The zero-order valence-electron chi connectivity index (χ0n) is 9.55. The van der Waals surface area contributed by atoms with E-state index < -0.39 is 0 Å². The van der Waals surface area contributed by atoms with Crippen LogP contribution in [-0.2, 0) is 0 Å². The average Bonchev–Trinajstić information content (AvgIpc) is 2.74. The molecule has 0 amide bonds. The van der Waals surface area contributed by atoms with Crippen LogP contribution in [0.4, 0.5) is 5.82 Å². The SMILES string of the molecule is Nc1ccn(C2CCN(CCCO)CC2)n1. The highest BCUT2D eigenvalue weighted by Gasteiger charge is 2.20. The molecule has 0 unspecified atom stereocenters. The molecule has 2 heterocycles. The molecule has 1 aliphatic rings. The lowest BCUT2D eigenvalue weighted by Gasteiger charge is -2.31. The van der Waals surface area contributed by atoms with E-state index in [9.17, 15) is 0 Å². The summed E-state index contributed by atoms with van der Waals surface area (Å²) in [6.45, 7) is 3.47. The molecule has 0 aromatic carbocycles. The van der Waals surface area contributed by atoms with Gasteiger partial charge in [0.05, 0.1) is 6.04 Å². The fourth-order valence-electron chi connectivity index (χ4n) is 2.26. The van der Waals surface area contributed by atoms with Gasteiger partial charge in [0.1, 0.15) is 5.82 Å². The van der Waals surface area contributed by atoms with Crippen LogP contribution in [0.3, 0.4) is 0 Å². The summed E-state index contributed by atoms with van der Waals surface area (Å²) in [5.74, 6) is 0.600. The van der Waals surface area contributed by atoms with Crippen LogP contribution in [-0.4, -0.2) is 46.0 Å². The predicted molar refractivity (Wildman–Crippen MR) is 63.1 cm³/mol. The maximum atomic E-state index is 8.77. The molecule has 1 saturated heterocycles. The minimum Gasteiger partial charge on any atom is -0.396 e. The third kappa shape index (κ3) is 2.74. The zero-order valence-corrected chi connectivity index (χ0v) is 9.55. The van der Waals surface area contributed by atoms with E-state index in [4.69, 9.17) is 10.8 Å². The van der Waals surface area contributed by atoms with E-state index >= 15 is 0 Å². The maximum Gasteiger partial charge on any atom is 0.145 e. The second-order valence-corrected chi connectivity index (χ2v) is 4.37. The Morgan fingerprint density at radius 3 is 2.75 bits per heavy atom. The van der Waals surface area contributed by atoms with Crippen LogP contribution in [0, 0.1) is 0 Å². The van der Waals surface area contributed by atoms with Gasteiger partial charge >= 0.3 is 0 Å². The molecule has 1 aromatic heterocycles. The Morgan fingerprint density at radius 2 is 2.19 bits per heavy atom. The first-order valence-electron chi connectivity index (χ1n) is 5.93. The lowest BCUT2D eigenvalue weighted by Crippen LogP contribution is -2.35. The molecule has 0 bridgehead atoms. The third-order valence-corrected chi connectivity index (χ3v) is 3.19. The van der Waals surface area contributed by atoms with Gasteiger partial charge in [-0.2, -0.15) is 5.10 Å². The Labute approximate surface area is 95.8 Å². The van der Waals surface area contributed by atoms with E-state index in [1.807, 2.05) is 16.9 Å². The summed E-state index contributed by atoms with van der Waals surface area (Å²) in [5, 5.41) is 13.0. The second-order valence-electron chi connectivity index (χ2n) is 4.37. The molecule has 0 saturated carbocycles. The van der Waals surface area contributed by atoms with Crippen LogP contribution < -0.4 is 5.73 Å². The normalized spacial score (nSPS) is 19.1. The lowest BCUT2D eigenvalue weighted by molar-refractivity contribution is 0.164. The molecule has 1 aromatic rings. The first-order chi connectivity index (χ1) is 7.79. The van der Waals surface area contributed by atoms with E-state index in [0.29, 0.717) is 11.9 Å². The molecule has 0 aliphatic carbocycles. The van der Waals surface area contributed by atoms with E-state index in [1.165, 1.54) is 0 Å². The van der Waals surface area contributed by atoms with Gasteiger partial charge in [-0.3, -0.25) is 4.68 Å². The number of aliphatic hydroxyl groups excluding tert-OH is 1. The summed E-state index contributed by atoms with van der Waals surface area (Å²) in [6.07, 6.45) is 5.07. The summed E-state index contributed by atoms with van der Waals surface area (Å²) in [4.78, 5) is 2.40. The number of hydrogen-bond donors (Lipinski definition) is 2. The predicted octanol–water partition coefficient (Wildman–Crippen LogP) is 0.485. The molecule has 1 aliphatic heterocycles. The van der Waals surface area contributed by atoms with Gasteiger partial charge in [-0.05, 0) is 25.3 Å². The van der Waals surface area contributed by atoms with Gasteiger partial charge in [0, 0.05) is 32.4 Å². The average molecular weight is 224 g/mol. The molecule has 3 N–H and O–H groups in total. The van der Waals surface area contributed by atoms with Gasteiger partial charge in [-0.1, -0.05) is 0 Å². The molecule has 5 nitrogen and oxygen atoms in total. The molecule has 5 heteroatoms. The number of nitrogens with zero attached hydrogens (tertiary/aromatic N) is 3. The van der Waals surface area contributed by atoms with Crippen molar-refractivity contribution in [3.8, 4) is 0 Å². The van der Waals surface area contributed by atoms with Crippen LogP contribution >= 0.6 is 0 Å². The fourth-order valence-corrected chi connectivity index (χ4v) is 2.26. The Hall–Kier alpha value is -1.07. The van der Waals surface area contributed by atoms with E-state index in [1.54, 1.807) is 0 Å². The molecular formula is C11H20N4O. The molecular weight excluding hydrogens is 204 g/mol. The number of anilines is 1. The van der Waals surface area contributed by atoms with Gasteiger partial charge in [0.25, 0.3) is 0 Å². The highest BCUT2D eigenvalue weighted by atomic mass is 16.3. The van der Waals surface area contributed by atoms with Gasteiger partial charge in [-0.15, -0.1) is 0 Å². The van der Waals surface area contributed by atoms with E-state index in [2.05, 4.69) is 10.00 Å². The lowest BCUT2D eigenvalue weighted by atomic mass is 10.1. The van der Waals surface area contributed by atoms with Gasteiger partial charge in [-0.25, -0.2) is 0 Å². The largest absolute Gasteiger partial charge is 0.396 e. The Balaban J connectivity index is 1.81. The van der Waals surface area contributed by atoms with Crippen LogP contribution in [0.15, 0.2) is 12.3 Å². The number of nitrogen functional groups attached to an aromatic ring is 1. The number of likely N-dealkylation sites (tertiary alicyclic amines) is 1. The van der Waals surface area contributed by atoms with Crippen molar-refractivity contribution in [2.24, 2.45) is 0 Å². The molecule has 90 valence electrons. The van der Waals surface area contributed by atoms with Crippen LogP contribution in [0.25, 0.3) is 0 Å². The van der Waals surface area contributed by atoms with Crippen molar-refractivity contribution in [2.45, 2.75) is 25.3 Å². The summed E-state index contributed by atoms with van der Waals surface area (Å²) in [5.41, 5.74) is 5.61. The topological polar surface area (TPSA) is 67.3 Å². The molecule has 2 rings (SSSR count). The number of piperidine rings is 1. The van der Waals surface area contributed by atoms with Crippen molar-refractivity contribution in [3.05, 3.63) is 12.3 Å². The number of aliphatic hydroxyl groups is 1. The van der Waals surface area contributed by atoms with Crippen molar-refractivity contribution in [1.29, 1.82) is 0 Å². The molecule has 1 fully saturated rings. The van der Waals surface area contributed by atoms with Crippen molar-refractivity contribution < 1.29 is 5.11 Å². The maximum absolute atomic E-state index is 8.77. The minimum absolute atomic E-state index is 0.287. The van der Waals surface area contributed by atoms with Gasteiger partial charge < -0.3 is 15.7 Å². The highest BCUT2D eigenvalue weighted by molar-refractivity contribution is 5.24. The first kappa shape index (κ1) is 11.4. The van der Waals surface area contributed by atoms with Crippen molar-refractivity contribution in [3.63, 3.8) is 0 Å². The number of nitrogens with two attached hydrogens (primary N) is 1. The van der Waals surface area contributed by atoms with Crippen LogP contribution in [0.1, 0.15) is 25.3 Å². The number of hydrogen-bond acceptors (Lipinski definition) is 4. The summed E-state index contributed by atoms with van der Waals surface area (Å²) in [7, 11) is 0. The third-order valence-electron chi connectivity index (χ3n) is 3.19. The monoisotopic (exact) mass is 224 g/mol. The fraction of sp³-hybridized carbons (Fsp3) is 0.727. The number of rotatable bonds is 4. The van der Waals surface area contributed by atoms with Crippen LogP contribution in [0.2, 0.25) is 0 Å². The Bertz CT molecular complexity index is 318. The van der Waals surface area contributed by atoms with Crippen LogP contribution in [0.5, 0.6) is 0 Å². The zero-order chi connectivity index (χ0) is 11.4. The highest BCUT2D eigenvalue weighted by Crippen LogP contribution is 2.22. The number of aromatic nitrogens is 2. The smallest absolute Gasteiger partial charge is 0.145 e. The van der Waals surface area contributed by atoms with E-state index in [-0.39, 0.29) is 6.61 Å². The summed E-state index contributed by atoms with van der Waals surface area (Å²) in [6, 6.07) is 2.33. The van der Waals surface area contributed by atoms with Crippen molar-refractivity contribution in [2.75, 3.05) is 32.0 Å². The molecule has 0 radical (unpaired) electrons. The van der Waals surface area contributed by atoms with Crippen molar-refractivity contribution >= 4 is 5.82 Å². The standard InChI is InChI=1S/C11H20N4O/c12-11-4-8-15(13-11)10-2-6-14(7-3-10)5-1-9-16/h4,8,10,16H,1-3,5-7,9H2,(H2,12,13). The molecule has 0 atom stereocenters. The van der Waals surface area contributed by atoms with E-state index in [0.717, 1.165) is 38.9 Å². The summed E-state index contributed by atoms with van der Waals surface area (Å²) >= 11 is 0.